The van der Waals surface area contributed by atoms with Crippen LogP contribution in [0.25, 0.3) is 0 Å². The molecule has 0 spiro atoms. The van der Waals surface area contributed by atoms with E-state index in [1.165, 1.54) is 0 Å². The summed E-state index contributed by atoms with van der Waals surface area (Å²) in [6, 6.07) is 0.173. The van der Waals surface area contributed by atoms with Crippen molar-refractivity contribution in [3.05, 3.63) is 18.2 Å². The third-order valence-corrected chi connectivity index (χ3v) is 6.47. The minimum absolute atomic E-state index is 0.00772. The Morgan fingerprint density at radius 2 is 2.18 bits per heavy atom. The molecule has 1 aliphatic heterocycles. The van der Waals surface area contributed by atoms with Gasteiger partial charge in [0.15, 0.2) is 0 Å². The van der Waals surface area contributed by atoms with Crippen LogP contribution in [0.3, 0.4) is 0 Å². The molecule has 1 atom stereocenters. The topological polar surface area (TPSA) is 64.4 Å². The number of rotatable bonds is 6. The average Bonchev–Trinajstić information content (AvgIpc) is 2.95. The van der Waals surface area contributed by atoms with Crippen LogP contribution in [0.15, 0.2) is 12.4 Å². The van der Waals surface area contributed by atoms with E-state index in [1.807, 2.05) is 6.20 Å². The summed E-state index contributed by atoms with van der Waals surface area (Å²) in [5.41, 5.74) is -0.671. The highest BCUT2D eigenvalue weighted by Crippen LogP contribution is 2.26. The summed E-state index contributed by atoms with van der Waals surface area (Å²) in [6.45, 7) is 6.78. The number of hydrogen-bond donors (Lipinski definition) is 0. The lowest BCUT2D eigenvalue weighted by molar-refractivity contribution is 0.0413. The lowest BCUT2D eigenvalue weighted by Crippen LogP contribution is -2.46. The van der Waals surface area contributed by atoms with Crippen LogP contribution in [0.2, 0.25) is 0 Å². The van der Waals surface area contributed by atoms with Crippen molar-refractivity contribution < 1.29 is 13.2 Å². The molecule has 2 heterocycles. The van der Waals surface area contributed by atoms with Crippen LogP contribution in [-0.4, -0.2) is 53.8 Å². The monoisotopic (exact) mass is 329 g/mol. The highest BCUT2D eigenvalue weighted by molar-refractivity contribution is 7.89. The minimum atomic E-state index is -3.32. The van der Waals surface area contributed by atoms with Crippen molar-refractivity contribution in [2.45, 2.75) is 51.7 Å². The van der Waals surface area contributed by atoms with Crippen LogP contribution in [-0.2, 0) is 21.2 Å². The molecule has 7 heteroatoms. The van der Waals surface area contributed by atoms with Gasteiger partial charge in [-0.05, 0) is 26.7 Å². The average molecular weight is 329 g/mol. The quantitative estimate of drug-likeness (QED) is 0.799. The second-order valence-corrected chi connectivity index (χ2v) is 8.45. The number of methoxy groups -OCH3 is 1. The van der Waals surface area contributed by atoms with E-state index in [0.717, 1.165) is 25.1 Å². The van der Waals surface area contributed by atoms with Crippen LogP contribution in [0.4, 0.5) is 0 Å². The first-order valence-electron chi connectivity index (χ1n) is 7.84. The fourth-order valence-electron chi connectivity index (χ4n) is 2.94. The molecule has 0 N–H and O–H groups in total. The lowest BCUT2D eigenvalue weighted by atomic mass is 10.1. The molecule has 0 aromatic carbocycles. The van der Waals surface area contributed by atoms with Gasteiger partial charge in [0.05, 0.1) is 11.4 Å². The number of sulfonamides is 1. The van der Waals surface area contributed by atoms with Gasteiger partial charge in [-0.25, -0.2) is 13.4 Å². The number of imidazole rings is 1. The van der Waals surface area contributed by atoms with Gasteiger partial charge >= 0.3 is 0 Å². The van der Waals surface area contributed by atoms with E-state index in [1.54, 1.807) is 31.5 Å². The highest BCUT2D eigenvalue weighted by Gasteiger charge is 2.34. The molecule has 1 unspecified atom stereocenters. The third-order valence-electron chi connectivity index (χ3n) is 4.29. The predicted octanol–water partition coefficient (Wildman–Crippen LogP) is 1.84. The van der Waals surface area contributed by atoms with Crippen LogP contribution >= 0.6 is 0 Å². The number of hydrogen-bond acceptors (Lipinski definition) is 4. The van der Waals surface area contributed by atoms with Gasteiger partial charge in [0, 0.05) is 45.1 Å². The largest absolute Gasteiger partial charge is 0.378 e. The molecule has 0 bridgehead atoms. The molecule has 1 aromatic rings. The van der Waals surface area contributed by atoms with Gasteiger partial charge in [0.1, 0.15) is 5.82 Å². The van der Waals surface area contributed by atoms with Gasteiger partial charge in [0.25, 0.3) is 0 Å². The summed E-state index contributed by atoms with van der Waals surface area (Å²) >= 11 is 0. The number of nitrogens with zero attached hydrogens (tertiary/aromatic N) is 3. The van der Waals surface area contributed by atoms with Crippen molar-refractivity contribution in [1.82, 2.24) is 13.9 Å². The Morgan fingerprint density at radius 3 is 2.82 bits per heavy atom. The second kappa shape index (κ2) is 6.68. The van der Waals surface area contributed by atoms with Crippen molar-refractivity contribution in [2.75, 3.05) is 26.0 Å². The molecule has 0 aliphatic carbocycles. The number of aromatic nitrogens is 2. The smallest absolute Gasteiger partial charge is 0.216 e. The zero-order valence-corrected chi connectivity index (χ0v) is 14.8. The normalized spacial score (nSPS) is 21.2. The standard InChI is InChI=1S/C15H27N3O3S/c1-5-14-16-8-10-18(14)13-7-6-9-17(11-13)22(19,20)12-15(2,3)21-4/h8,10,13H,5-7,9,11-12H2,1-4H3. The van der Waals surface area contributed by atoms with Gasteiger partial charge in [-0.1, -0.05) is 6.92 Å². The molecule has 0 saturated carbocycles. The Labute approximate surface area is 133 Å². The molecular weight excluding hydrogens is 302 g/mol. The van der Waals surface area contributed by atoms with Gasteiger partial charge in [0.2, 0.25) is 10.0 Å². The first-order chi connectivity index (χ1) is 10.3. The first kappa shape index (κ1) is 17.4. The molecule has 6 nitrogen and oxygen atoms in total. The van der Waals surface area contributed by atoms with E-state index in [4.69, 9.17) is 4.74 Å². The van der Waals surface area contributed by atoms with Crippen LogP contribution < -0.4 is 0 Å². The van der Waals surface area contributed by atoms with Crippen LogP contribution in [0, 0.1) is 0 Å². The lowest BCUT2D eigenvalue weighted by Gasteiger charge is -2.35. The Hall–Kier alpha value is -0.920. The Morgan fingerprint density at radius 1 is 1.45 bits per heavy atom. The van der Waals surface area contributed by atoms with Crippen molar-refractivity contribution >= 4 is 10.0 Å². The van der Waals surface area contributed by atoms with Crippen LogP contribution in [0.1, 0.15) is 45.5 Å². The van der Waals surface area contributed by atoms with E-state index < -0.39 is 15.6 Å². The molecular formula is C15H27N3O3S. The summed E-state index contributed by atoms with van der Waals surface area (Å²) in [5, 5.41) is 0. The SMILES string of the molecule is CCc1nccn1C1CCCN(S(=O)(=O)CC(C)(C)OC)C1. The van der Waals surface area contributed by atoms with Crippen LogP contribution in [0.5, 0.6) is 0 Å². The zero-order chi connectivity index (χ0) is 16.4. The highest BCUT2D eigenvalue weighted by atomic mass is 32.2. The molecule has 1 saturated heterocycles. The van der Waals surface area contributed by atoms with E-state index in [-0.39, 0.29) is 11.8 Å². The molecule has 0 amide bonds. The van der Waals surface area contributed by atoms with E-state index >= 15 is 0 Å². The van der Waals surface area contributed by atoms with Gasteiger partial charge in [-0.15, -0.1) is 0 Å². The Bertz CT molecular complexity index is 595. The zero-order valence-electron chi connectivity index (χ0n) is 13.9. The fourth-order valence-corrected chi connectivity index (χ4v) is 4.93. The molecule has 126 valence electrons. The maximum absolute atomic E-state index is 12.7. The second-order valence-electron chi connectivity index (χ2n) is 6.48. The molecule has 1 aromatic heterocycles. The first-order valence-corrected chi connectivity index (χ1v) is 9.44. The van der Waals surface area contributed by atoms with Crippen molar-refractivity contribution in [2.24, 2.45) is 0 Å². The van der Waals surface area contributed by atoms with Crippen molar-refractivity contribution in [1.29, 1.82) is 0 Å². The molecule has 22 heavy (non-hydrogen) atoms. The fraction of sp³-hybridized carbons (Fsp3) is 0.800. The summed E-state index contributed by atoms with van der Waals surface area (Å²) in [6.07, 6.45) is 6.47. The van der Waals surface area contributed by atoms with E-state index in [9.17, 15) is 8.42 Å². The summed E-state index contributed by atoms with van der Waals surface area (Å²) in [7, 11) is -1.77. The van der Waals surface area contributed by atoms with Gasteiger partial charge in [-0.3, -0.25) is 0 Å². The Balaban J connectivity index is 2.13. The molecule has 0 radical (unpaired) electrons. The number of piperidine rings is 1. The van der Waals surface area contributed by atoms with Crippen molar-refractivity contribution in [3.8, 4) is 0 Å². The predicted molar refractivity (Wildman–Crippen MR) is 86.3 cm³/mol. The number of aryl methyl sites for hydroxylation is 1. The van der Waals surface area contributed by atoms with Gasteiger partial charge < -0.3 is 9.30 Å². The number of ether oxygens (including phenoxy) is 1. The summed E-state index contributed by atoms with van der Waals surface area (Å²) < 4.78 is 34.3. The van der Waals surface area contributed by atoms with Crippen molar-refractivity contribution in [3.63, 3.8) is 0 Å². The summed E-state index contributed by atoms with van der Waals surface area (Å²) in [5.74, 6) is 1.02. The molecule has 2 rings (SSSR count). The molecule has 1 fully saturated rings. The third kappa shape index (κ3) is 3.88. The van der Waals surface area contributed by atoms with E-state index in [2.05, 4.69) is 16.5 Å². The minimum Gasteiger partial charge on any atom is -0.378 e. The summed E-state index contributed by atoms with van der Waals surface area (Å²) in [4.78, 5) is 4.34. The Kier molecular flexibility index (Phi) is 5.29. The van der Waals surface area contributed by atoms with Gasteiger partial charge in [-0.2, -0.15) is 4.31 Å². The molecule has 1 aliphatic rings. The maximum Gasteiger partial charge on any atom is 0.216 e. The maximum atomic E-state index is 12.7. The van der Waals surface area contributed by atoms with E-state index in [0.29, 0.717) is 13.1 Å².